The van der Waals surface area contributed by atoms with Crippen LogP contribution < -0.4 is 4.90 Å². The van der Waals surface area contributed by atoms with Crippen LogP contribution in [0, 0.1) is 18.3 Å². The van der Waals surface area contributed by atoms with E-state index in [-0.39, 0.29) is 0 Å². The fraction of sp³-hybridized carbons (Fsp3) is 0.188. The Kier molecular flexibility index (Phi) is 4.24. The summed E-state index contributed by atoms with van der Waals surface area (Å²) in [5.74, 6) is 0. The molecule has 0 saturated heterocycles. The van der Waals surface area contributed by atoms with Gasteiger partial charge in [0.25, 0.3) is 0 Å². The zero-order chi connectivity index (χ0) is 13.8. The molecule has 0 radical (unpaired) electrons. The van der Waals surface area contributed by atoms with E-state index in [1.807, 2.05) is 44.3 Å². The van der Waals surface area contributed by atoms with Crippen molar-refractivity contribution in [2.24, 2.45) is 0 Å². The normalized spacial score (nSPS) is 10.0. The van der Waals surface area contributed by atoms with E-state index in [1.54, 1.807) is 0 Å². The highest BCUT2D eigenvalue weighted by Crippen LogP contribution is 2.22. The van der Waals surface area contributed by atoms with Gasteiger partial charge in [-0.05, 0) is 42.3 Å². The van der Waals surface area contributed by atoms with Gasteiger partial charge in [-0.1, -0.05) is 34.1 Å². The molecular weight excluding hydrogens is 300 g/mol. The van der Waals surface area contributed by atoms with Crippen LogP contribution in [0.15, 0.2) is 46.9 Å². The molecule has 0 unspecified atom stereocenters. The lowest BCUT2D eigenvalue weighted by Crippen LogP contribution is -2.17. The number of anilines is 1. The lowest BCUT2D eigenvalue weighted by Gasteiger charge is -2.21. The maximum absolute atomic E-state index is 9.21. The van der Waals surface area contributed by atoms with E-state index < -0.39 is 0 Å². The van der Waals surface area contributed by atoms with Crippen LogP contribution >= 0.6 is 15.9 Å². The third-order valence-electron chi connectivity index (χ3n) is 3.02. The van der Waals surface area contributed by atoms with Gasteiger partial charge in [-0.2, -0.15) is 5.26 Å². The zero-order valence-corrected chi connectivity index (χ0v) is 12.6. The van der Waals surface area contributed by atoms with E-state index in [9.17, 15) is 5.26 Å². The second-order valence-corrected chi connectivity index (χ2v) is 5.53. The third-order valence-corrected chi connectivity index (χ3v) is 3.55. The molecule has 3 heteroatoms. The van der Waals surface area contributed by atoms with E-state index >= 15 is 0 Å². The SMILES string of the molecule is Cc1ccc(N(C)Cc2ccc(Br)cc2)c(C#N)c1. The van der Waals surface area contributed by atoms with Crippen LogP contribution in [0.5, 0.6) is 0 Å². The predicted molar refractivity (Wildman–Crippen MR) is 82.1 cm³/mol. The second-order valence-electron chi connectivity index (χ2n) is 4.61. The molecule has 0 bridgehead atoms. The number of nitrogens with zero attached hydrogens (tertiary/aromatic N) is 2. The molecule has 0 aliphatic carbocycles. The maximum Gasteiger partial charge on any atom is 0.101 e. The van der Waals surface area contributed by atoms with Crippen molar-refractivity contribution in [1.29, 1.82) is 5.26 Å². The Balaban J connectivity index is 2.23. The number of rotatable bonds is 3. The molecule has 19 heavy (non-hydrogen) atoms. The molecule has 2 rings (SSSR count). The minimum atomic E-state index is 0.722. The lowest BCUT2D eigenvalue weighted by molar-refractivity contribution is 0.920. The topological polar surface area (TPSA) is 27.0 Å². The van der Waals surface area contributed by atoms with Crippen LogP contribution in [0.1, 0.15) is 16.7 Å². The molecule has 0 aliphatic rings. The van der Waals surface area contributed by atoms with Crippen LogP contribution in [0.25, 0.3) is 0 Å². The lowest BCUT2D eigenvalue weighted by atomic mass is 10.1. The highest BCUT2D eigenvalue weighted by atomic mass is 79.9. The fourth-order valence-electron chi connectivity index (χ4n) is 2.02. The number of nitriles is 1. The van der Waals surface area contributed by atoms with Gasteiger partial charge in [0.1, 0.15) is 6.07 Å². The molecule has 2 aromatic carbocycles. The van der Waals surface area contributed by atoms with Gasteiger partial charge in [-0.25, -0.2) is 0 Å². The first-order valence-electron chi connectivity index (χ1n) is 6.06. The van der Waals surface area contributed by atoms with Gasteiger partial charge in [0.15, 0.2) is 0 Å². The molecule has 0 aromatic heterocycles. The van der Waals surface area contributed by atoms with Crippen molar-refractivity contribution in [3.63, 3.8) is 0 Å². The molecule has 0 amide bonds. The van der Waals surface area contributed by atoms with Gasteiger partial charge in [-0.15, -0.1) is 0 Å². The molecule has 0 N–H and O–H groups in total. The average molecular weight is 315 g/mol. The van der Waals surface area contributed by atoms with Crippen molar-refractivity contribution in [3.05, 3.63) is 63.6 Å². The summed E-state index contributed by atoms with van der Waals surface area (Å²) in [6.07, 6.45) is 0. The van der Waals surface area contributed by atoms with Crippen molar-refractivity contribution in [2.45, 2.75) is 13.5 Å². The number of hydrogen-bond acceptors (Lipinski definition) is 2. The van der Waals surface area contributed by atoms with Crippen LogP contribution in [-0.4, -0.2) is 7.05 Å². The number of hydrogen-bond donors (Lipinski definition) is 0. The largest absolute Gasteiger partial charge is 0.369 e. The Labute approximate surface area is 122 Å². The standard InChI is InChI=1S/C16H15BrN2/c1-12-3-8-16(14(9-12)10-18)19(2)11-13-4-6-15(17)7-5-13/h3-9H,11H2,1-2H3. The fourth-order valence-corrected chi connectivity index (χ4v) is 2.29. The van der Waals surface area contributed by atoms with E-state index in [4.69, 9.17) is 0 Å². The molecule has 0 fully saturated rings. The Morgan fingerprint density at radius 3 is 2.47 bits per heavy atom. The van der Waals surface area contributed by atoms with Crippen molar-refractivity contribution in [1.82, 2.24) is 0 Å². The molecular formula is C16H15BrN2. The number of aryl methyl sites for hydroxylation is 1. The molecule has 0 atom stereocenters. The zero-order valence-electron chi connectivity index (χ0n) is 11.0. The van der Waals surface area contributed by atoms with Crippen molar-refractivity contribution in [3.8, 4) is 6.07 Å². The summed E-state index contributed by atoms with van der Waals surface area (Å²) in [6, 6.07) is 16.5. The van der Waals surface area contributed by atoms with Gasteiger partial charge < -0.3 is 4.90 Å². The van der Waals surface area contributed by atoms with E-state index in [0.717, 1.165) is 27.8 Å². The molecule has 0 heterocycles. The molecule has 0 aliphatic heterocycles. The van der Waals surface area contributed by atoms with Gasteiger partial charge in [-0.3, -0.25) is 0 Å². The summed E-state index contributed by atoms with van der Waals surface area (Å²) in [5, 5.41) is 9.21. The van der Waals surface area contributed by atoms with Crippen LogP contribution in [0.2, 0.25) is 0 Å². The van der Waals surface area contributed by atoms with Gasteiger partial charge >= 0.3 is 0 Å². The summed E-state index contributed by atoms with van der Waals surface area (Å²) in [6.45, 7) is 2.78. The van der Waals surface area contributed by atoms with Gasteiger partial charge in [0.2, 0.25) is 0 Å². The first-order chi connectivity index (χ1) is 9.10. The summed E-state index contributed by atoms with van der Waals surface area (Å²) < 4.78 is 1.08. The highest BCUT2D eigenvalue weighted by Gasteiger charge is 2.08. The first-order valence-corrected chi connectivity index (χ1v) is 6.86. The summed E-state index contributed by atoms with van der Waals surface area (Å²) in [4.78, 5) is 2.10. The van der Waals surface area contributed by atoms with Crippen molar-refractivity contribution in [2.75, 3.05) is 11.9 Å². The minimum Gasteiger partial charge on any atom is -0.369 e. The number of benzene rings is 2. The molecule has 96 valence electrons. The monoisotopic (exact) mass is 314 g/mol. The average Bonchev–Trinajstić information content (AvgIpc) is 2.41. The number of halogens is 1. The quantitative estimate of drug-likeness (QED) is 0.846. The Morgan fingerprint density at radius 1 is 1.16 bits per heavy atom. The van der Waals surface area contributed by atoms with Gasteiger partial charge in [0.05, 0.1) is 11.3 Å². The van der Waals surface area contributed by atoms with Gasteiger partial charge in [0, 0.05) is 18.1 Å². The van der Waals surface area contributed by atoms with Crippen LogP contribution in [0.3, 0.4) is 0 Å². The summed E-state index contributed by atoms with van der Waals surface area (Å²) in [7, 11) is 2.01. The minimum absolute atomic E-state index is 0.722. The predicted octanol–water partition coefficient (Wildman–Crippen LogP) is 4.27. The van der Waals surface area contributed by atoms with Crippen LogP contribution in [0.4, 0.5) is 5.69 Å². The Bertz CT molecular complexity index is 612. The second kappa shape index (κ2) is 5.90. The summed E-state index contributed by atoms with van der Waals surface area (Å²) >= 11 is 3.43. The van der Waals surface area contributed by atoms with Crippen LogP contribution in [-0.2, 0) is 6.54 Å². The maximum atomic E-state index is 9.21. The van der Waals surface area contributed by atoms with E-state index in [0.29, 0.717) is 0 Å². The molecule has 0 spiro atoms. The molecule has 2 nitrogen and oxygen atoms in total. The Morgan fingerprint density at radius 2 is 1.84 bits per heavy atom. The van der Waals surface area contributed by atoms with E-state index in [2.05, 4.69) is 39.0 Å². The summed E-state index contributed by atoms with van der Waals surface area (Å²) in [5.41, 5.74) is 4.02. The van der Waals surface area contributed by atoms with E-state index in [1.165, 1.54) is 5.56 Å². The smallest absolute Gasteiger partial charge is 0.101 e. The third kappa shape index (κ3) is 3.36. The highest BCUT2D eigenvalue weighted by molar-refractivity contribution is 9.10. The van der Waals surface area contributed by atoms with Crippen molar-refractivity contribution >= 4 is 21.6 Å². The molecule has 0 saturated carbocycles. The molecule has 2 aromatic rings. The van der Waals surface area contributed by atoms with Crippen molar-refractivity contribution < 1.29 is 0 Å². The first kappa shape index (κ1) is 13.6. The Hall–Kier alpha value is -1.79.